The van der Waals surface area contributed by atoms with Crippen LogP contribution in [-0.4, -0.2) is 31.4 Å². The lowest BCUT2D eigenvalue weighted by Crippen LogP contribution is -2.14. The zero-order valence-electron chi connectivity index (χ0n) is 13.4. The molecule has 0 saturated heterocycles. The van der Waals surface area contributed by atoms with E-state index in [1.165, 1.54) is 19.4 Å². The third-order valence-electron chi connectivity index (χ3n) is 3.17. The van der Waals surface area contributed by atoms with Gasteiger partial charge in [0.15, 0.2) is 11.5 Å². The number of carbonyl (C=O) groups excluding carboxylic acids is 1. The number of ether oxygens (including phenoxy) is 2. The summed E-state index contributed by atoms with van der Waals surface area (Å²) in [4.78, 5) is 11.7. The average molecular weight is 326 g/mol. The van der Waals surface area contributed by atoms with Crippen LogP contribution in [0.2, 0.25) is 0 Å². The summed E-state index contributed by atoms with van der Waals surface area (Å²) in [6, 6.07) is 12.3. The number of para-hydroxylation sites is 1. The third-order valence-corrected chi connectivity index (χ3v) is 3.17. The van der Waals surface area contributed by atoms with Gasteiger partial charge in [-0.15, -0.1) is 0 Å². The first kappa shape index (κ1) is 17.1. The Labute approximate surface area is 140 Å². The highest BCUT2D eigenvalue weighted by atomic mass is 16.5. The molecule has 0 unspecified atom stereocenters. The van der Waals surface area contributed by atoms with Gasteiger partial charge in [0.2, 0.25) is 0 Å². The first-order valence-corrected chi connectivity index (χ1v) is 7.15. The Balaban J connectivity index is 1.94. The van der Waals surface area contributed by atoms with Crippen LogP contribution in [-0.2, 0) is 4.79 Å². The summed E-state index contributed by atoms with van der Waals surface area (Å²) in [7, 11) is 3.05. The number of hydrazone groups is 1. The lowest BCUT2D eigenvalue weighted by molar-refractivity contribution is -0.116. The minimum atomic E-state index is -0.385. The smallest absolute Gasteiger partial charge is 0.264 e. The predicted octanol–water partition coefficient (Wildman–Crippen LogP) is 2.57. The molecule has 0 spiro atoms. The van der Waals surface area contributed by atoms with Crippen molar-refractivity contribution in [3.05, 3.63) is 59.7 Å². The standard InChI is InChI=1S/C18H18N2O4/c1-23-15-9-6-13(7-10-15)8-11-17(21)20-19-12-14-4-3-5-16(24-2)18(14)22/h3-12,22H,1-2H3,(H,20,21). The van der Waals surface area contributed by atoms with Gasteiger partial charge in [0.25, 0.3) is 5.91 Å². The highest BCUT2D eigenvalue weighted by molar-refractivity contribution is 5.93. The van der Waals surface area contributed by atoms with E-state index in [1.54, 1.807) is 43.5 Å². The number of benzene rings is 2. The number of hydrogen-bond acceptors (Lipinski definition) is 5. The normalized spacial score (nSPS) is 10.9. The number of phenolic OH excluding ortho intramolecular Hbond substituents is 1. The van der Waals surface area contributed by atoms with Gasteiger partial charge in [-0.3, -0.25) is 4.79 Å². The van der Waals surface area contributed by atoms with Crippen molar-refractivity contribution in [2.75, 3.05) is 14.2 Å². The highest BCUT2D eigenvalue weighted by Gasteiger charge is 2.04. The molecule has 6 nitrogen and oxygen atoms in total. The van der Waals surface area contributed by atoms with Crippen molar-refractivity contribution < 1.29 is 19.4 Å². The molecular formula is C18H18N2O4. The van der Waals surface area contributed by atoms with Crippen molar-refractivity contribution in [1.29, 1.82) is 0 Å². The van der Waals surface area contributed by atoms with E-state index >= 15 is 0 Å². The highest BCUT2D eigenvalue weighted by Crippen LogP contribution is 2.27. The van der Waals surface area contributed by atoms with Crippen molar-refractivity contribution in [3.63, 3.8) is 0 Å². The van der Waals surface area contributed by atoms with Gasteiger partial charge in [-0.05, 0) is 35.9 Å². The lowest BCUT2D eigenvalue weighted by Gasteiger charge is -2.04. The molecule has 0 radical (unpaired) electrons. The molecule has 0 bridgehead atoms. The quantitative estimate of drug-likeness (QED) is 0.486. The number of hydrogen-bond donors (Lipinski definition) is 2. The van der Waals surface area contributed by atoms with Gasteiger partial charge in [0, 0.05) is 11.6 Å². The molecular weight excluding hydrogens is 308 g/mol. The maximum atomic E-state index is 11.7. The van der Waals surface area contributed by atoms with Gasteiger partial charge >= 0.3 is 0 Å². The summed E-state index contributed by atoms with van der Waals surface area (Å²) in [5, 5.41) is 13.7. The molecule has 124 valence electrons. The Morgan fingerprint density at radius 1 is 1.12 bits per heavy atom. The van der Waals surface area contributed by atoms with E-state index in [0.717, 1.165) is 11.3 Å². The third kappa shape index (κ3) is 4.61. The lowest BCUT2D eigenvalue weighted by atomic mass is 10.2. The molecule has 6 heteroatoms. The second-order valence-corrected chi connectivity index (χ2v) is 4.74. The van der Waals surface area contributed by atoms with Crippen LogP contribution in [0.15, 0.2) is 53.6 Å². The first-order valence-electron chi connectivity index (χ1n) is 7.15. The van der Waals surface area contributed by atoms with Gasteiger partial charge in [-0.1, -0.05) is 18.2 Å². The molecule has 0 aromatic heterocycles. The Hall–Kier alpha value is -3.28. The number of nitrogens with one attached hydrogen (secondary N) is 1. The molecule has 0 heterocycles. The Morgan fingerprint density at radius 2 is 1.88 bits per heavy atom. The fourth-order valence-electron chi connectivity index (χ4n) is 1.90. The van der Waals surface area contributed by atoms with Crippen molar-refractivity contribution in [3.8, 4) is 17.2 Å². The SMILES string of the molecule is COc1ccc(C=CC(=O)NN=Cc2cccc(OC)c2O)cc1. The van der Waals surface area contributed by atoms with E-state index in [2.05, 4.69) is 10.5 Å². The summed E-state index contributed by atoms with van der Waals surface area (Å²) < 4.78 is 10.1. The Bertz CT molecular complexity index is 752. The fourth-order valence-corrected chi connectivity index (χ4v) is 1.90. The monoisotopic (exact) mass is 326 g/mol. The van der Waals surface area contributed by atoms with E-state index in [4.69, 9.17) is 9.47 Å². The van der Waals surface area contributed by atoms with E-state index in [-0.39, 0.29) is 11.7 Å². The number of methoxy groups -OCH3 is 2. The number of amides is 1. The Kier molecular flexibility index (Phi) is 5.96. The maximum absolute atomic E-state index is 11.7. The number of rotatable bonds is 6. The molecule has 0 atom stereocenters. The fraction of sp³-hybridized carbons (Fsp3) is 0.111. The van der Waals surface area contributed by atoms with Crippen LogP contribution in [0.4, 0.5) is 0 Å². The molecule has 0 fully saturated rings. The van der Waals surface area contributed by atoms with Crippen molar-refractivity contribution >= 4 is 18.2 Å². The van der Waals surface area contributed by atoms with Gasteiger partial charge in [0.05, 0.1) is 20.4 Å². The van der Waals surface area contributed by atoms with Crippen LogP contribution >= 0.6 is 0 Å². The molecule has 2 N–H and O–H groups in total. The molecule has 2 aromatic rings. The van der Waals surface area contributed by atoms with E-state index in [9.17, 15) is 9.90 Å². The van der Waals surface area contributed by atoms with E-state index in [0.29, 0.717) is 11.3 Å². The molecule has 2 aromatic carbocycles. The van der Waals surface area contributed by atoms with Crippen molar-refractivity contribution in [1.82, 2.24) is 5.43 Å². The van der Waals surface area contributed by atoms with Crippen LogP contribution in [0, 0.1) is 0 Å². The average Bonchev–Trinajstić information content (AvgIpc) is 2.62. The maximum Gasteiger partial charge on any atom is 0.264 e. The topological polar surface area (TPSA) is 80.2 Å². The summed E-state index contributed by atoms with van der Waals surface area (Å²) in [5.74, 6) is 0.667. The molecule has 0 aliphatic carbocycles. The number of aromatic hydroxyl groups is 1. The molecule has 1 amide bonds. The van der Waals surface area contributed by atoms with Crippen LogP contribution in [0.3, 0.4) is 0 Å². The van der Waals surface area contributed by atoms with Gasteiger partial charge in [0.1, 0.15) is 5.75 Å². The minimum Gasteiger partial charge on any atom is -0.504 e. The van der Waals surface area contributed by atoms with E-state index < -0.39 is 0 Å². The van der Waals surface area contributed by atoms with Crippen LogP contribution < -0.4 is 14.9 Å². The number of nitrogens with zero attached hydrogens (tertiary/aromatic N) is 1. The largest absolute Gasteiger partial charge is 0.504 e. The molecule has 24 heavy (non-hydrogen) atoms. The summed E-state index contributed by atoms with van der Waals surface area (Å²) >= 11 is 0. The summed E-state index contributed by atoms with van der Waals surface area (Å²) in [6.07, 6.45) is 4.37. The second-order valence-electron chi connectivity index (χ2n) is 4.74. The second kappa shape index (κ2) is 8.38. The van der Waals surface area contributed by atoms with Crippen LogP contribution in [0.1, 0.15) is 11.1 Å². The predicted molar refractivity (Wildman–Crippen MR) is 92.4 cm³/mol. The summed E-state index contributed by atoms with van der Waals surface area (Å²) in [5.41, 5.74) is 3.66. The molecule has 0 saturated carbocycles. The van der Waals surface area contributed by atoms with Gasteiger partial charge in [-0.2, -0.15) is 5.10 Å². The molecule has 0 aliphatic rings. The molecule has 2 rings (SSSR count). The Morgan fingerprint density at radius 3 is 2.54 bits per heavy atom. The van der Waals surface area contributed by atoms with Crippen LogP contribution in [0.5, 0.6) is 17.2 Å². The van der Waals surface area contributed by atoms with Crippen molar-refractivity contribution in [2.45, 2.75) is 0 Å². The van der Waals surface area contributed by atoms with Gasteiger partial charge in [-0.25, -0.2) is 5.43 Å². The van der Waals surface area contributed by atoms with Crippen LogP contribution in [0.25, 0.3) is 6.08 Å². The molecule has 0 aliphatic heterocycles. The van der Waals surface area contributed by atoms with Crippen molar-refractivity contribution in [2.24, 2.45) is 5.10 Å². The zero-order chi connectivity index (χ0) is 17.4. The minimum absolute atomic E-state index is 0.0354. The number of carbonyl (C=O) groups is 1. The number of phenols is 1. The van der Waals surface area contributed by atoms with E-state index in [1.807, 2.05) is 12.1 Å². The van der Waals surface area contributed by atoms with Gasteiger partial charge < -0.3 is 14.6 Å². The first-order chi connectivity index (χ1) is 11.6. The summed E-state index contributed by atoms with van der Waals surface area (Å²) in [6.45, 7) is 0. The zero-order valence-corrected chi connectivity index (χ0v) is 13.4.